The van der Waals surface area contributed by atoms with Crippen LogP contribution in [0.3, 0.4) is 0 Å². The summed E-state index contributed by atoms with van der Waals surface area (Å²) < 4.78 is 0. The molecule has 0 aliphatic carbocycles. The van der Waals surface area contributed by atoms with Gasteiger partial charge in [-0.2, -0.15) is 0 Å². The summed E-state index contributed by atoms with van der Waals surface area (Å²) in [6.07, 6.45) is -0.493. The van der Waals surface area contributed by atoms with Crippen molar-refractivity contribution in [3.05, 3.63) is 28.8 Å². The summed E-state index contributed by atoms with van der Waals surface area (Å²) in [5, 5.41) is 19.0. The molecule has 0 spiro atoms. The zero-order chi connectivity index (χ0) is 12.1. The van der Waals surface area contributed by atoms with Crippen molar-refractivity contribution in [2.24, 2.45) is 5.92 Å². The van der Waals surface area contributed by atoms with Crippen LogP contribution in [0.4, 0.5) is 0 Å². The minimum Gasteiger partial charge on any atom is -0.396 e. The van der Waals surface area contributed by atoms with Gasteiger partial charge in [0.25, 0.3) is 0 Å². The third-order valence-corrected chi connectivity index (χ3v) is 4.10. The van der Waals surface area contributed by atoms with Crippen molar-refractivity contribution in [1.29, 1.82) is 0 Å². The molecule has 2 atom stereocenters. The van der Waals surface area contributed by atoms with E-state index in [0.29, 0.717) is 5.02 Å². The molecule has 0 aromatic heterocycles. The molecule has 4 heteroatoms. The van der Waals surface area contributed by atoms with Gasteiger partial charge in [-0.1, -0.05) is 24.6 Å². The lowest BCUT2D eigenvalue weighted by Gasteiger charge is -2.10. The van der Waals surface area contributed by atoms with Crippen molar-refractivity contribution in [2.45, 2.75) is 24.8 Å². The fourth-order valence-electron chi connectivity index (χ4n) is 1.18. The average Bonchev–Trinajstić information content (AvgIpc) is 2.26. The van der Waals surface area contributed by atoms with E-state index in [4.69, 9.17) is 16.7 Å². The normalized spacial score (nSPS) is 14.8. The van der Waals surface area contributed by atoms with Crippen molar-refractivity contribution in [1.82, 2.24) is 0 Å². The van der Waals surface area contributed by atoms with Gasteiger partial charge in [0.1, 0.15) is 0 Å². The van der Waals surface area contributed by atoms with E-state index < -0.39 is 6.10 Å². The quantitative estimate of drug-likeness (QED) is 0.800. The predicted molar refractivity (Wildman–Crippen MR) is 69.1 cm³/mol. The van der Waals surface area contributed by atoms with E-state index in [-0.39, 0.29) is 12.5 Å². The largest absolute Gasteiger partial charge is 0.396 e. The molecule has 0 bridgehead atoms. The van der Waals surface area contributed by atoms with Gasteiger partial charge < -0.3 is 10.2 Å². The van der Waals surface area contributed by atoms with Gasteiger partial charge in [-0.05, 0) is 30.5 Å². The molecule has 0 amide bonds. The Bertz CT molecular complexity index is 342. The Labute approximate surface area is 106 Å². The Morgan fingerprint density at radius 3 is 2.56 bits per heavy atom. The minimum absolute atomic E-state index is 0.191. The van der Waals surface area contributed by atoms with Gasteiger partial charge in [-0.15, -0.1) is 11.8 Å². The molecule has 1 aromatic rings. The van der Waals surface area contributed by atoms with Crippen molar-refractivity contribution >= 4 is 23.4 Å². The van der Waals surface area contributed by atoms with Crippen LogP contribution < -0.4 is 0 Å². The lowest BCUT2D eigenvalue weighted by molar-refractivity contribution is 0.199. The Morgan fingerprint density at radius 1 is 1.38 bits per heavy atom. The van der Waals surface area contributed by atoms with E-state index in [1.165, 1.54) is 0 Å². The van der Waals surface area contributed by atoms with Crippen LogP contribution in [0, 0.1) is 5.92 Å². The molecule has 0 aliphatic rings. The van der Waals surface area contributed by atoms with Crippen molar-refractivity contribution in [3.8, 4) is 0 Å². The Balaban J connectivity index is 2.68. The van der Waals surface area contributed by atoms with Crippen LogP contribution in [0.1, 0.15) is 25.5 Å². The lowest BCUT2D eigenvalue weighted by Crippen LogP contribution is -2.03. The number of benzene rings is 1. The predicted octanol–water partition coefficient (Wildman–Crippen LogP) is 3.11. The first-order valence-electron chi connectivity index (χ1n) is 5.25. The average molecular weight is 261 g/mol. The van der Waals surface area contributed by atoms with Crippen molar-refractivity contribution < 1.29 is 10.2 Å². The molecule has 0 saturated carbocycles. The zero-order valence-electron chi connectivity index (χ0n) is 9.48. The van der Waals surface area contributed by atoms with Gasteiger partial charge >= 0.3 is 0 Å². The van der Waals surface area contributed by atoms with E-state index in [0.717, 1.165) is 16.2 Å². The second-order valence-corrected chi connectivity index (χ2v) is 5.43. The third kappa shape index (κ3) is 3.98. The van der Waals surface area contributed by atoms with E-state index in [1.54, 1.807) is 24.8 Å². The Kier molecular flexibility index (Phi) is 5.62. The number of thioether (sulfide) groups is 1. The van der Waals surface area contributed by atoms with E-state index >= 15 is 0 Å². The number of rotatable bonds is 5. The first kappa shape index (κ1) is 13.8. The molecule has 0 radical (unpaired) electrons. The highest BCUT2D eigenvalue weighted by molar-refractivity contribution is 7.99. The maximum absolute atomic E-state index is 9.40. The summed E-state index contributed by atoms with van der Waals surface area (Å²) in [6, 6.07) is 5.58. The second-order valence-electron chi connectivity index (χ2n) is 3.96. The Hall–Kier alpha value is -0.220. The second kappa shape index (κ2) is 6.50. The highest BCUT2D eigenvalue weighted by Gasteiger charge is 2.07. The number of hydrogen-bond donors (Lipinski definition) is 2. The fourth-order valence-corrected chi connectivity index (χ4v) is 2.46. The summed E-state index contributed by atoms with van der Waals surface area (Å²) in [5.41, 5.74) is 0.824. The van der Waals surface area contributed by atoms with Crippen LogP contribution in [0.15, 0.2) is 23.1 Å². The van der Waals surface area contributed by atoms with E-state index in [1.807, 2.05) is 19.1 Å². The topological polar surface area (TPSA) is 40.5 Å². The summed E-state index contributed by atoms with van der Waals surface area (Å²) in [7, 11) is 0. The highest BCUT2D eigenvalue weighted by atomic mass is 35.5. The standard InChI is InChI=1S/C12H17ClO2S/c1-8(6-14)7-16-12-4-3-10(9(2)15)5-11(12)13/h3-5,8-9,14-15H,6-7H2,1-2H3/t8?,9-/m1/s1. The zero-order valence-corrected chi connectivity index (χ0v) is 11.1. The van der Waals surface area contributed by atoms with Crippen LogP contribution in [-0.4, -0.2) is 22.6 Å². The van der Waals surface area contributed by atoms with Crippen LogP contribution in [0.25, 0.3) is 0 Å². The molecule has 1 unspecified atom stereocenters. The molecular formula is C12H17ClO2S. The molecule has 2 nitrogen and oxygen atoms in total. The monoisotopic (exact) mass is 260 g/mol. The van der Waals surface area contributed by atoms with E-state index in [2.05, 4.69) is 0 Å². The molecule has 16 heavy (non-hydrogen) atoms. The van der Waals surface area contributed by atoms with Gasteiger partial charge in [0, 0.05) is 17.3 Å². The number of hydrogen-bond acceptors (Lipinski definition) is 3. The SMILES string of the molecule is CC(CO)CSc1ccc([C@@H](C)O)cc1Cl. The van der Waals surface area contributed by atoms with Gasteiger partial charge in [0.15, 0.2) is 0 Å². The van der Waals surface area contributed by atoms with E-state index in [9.17, 15) is 5.11 Å². The first-order valence-corrected chi connectivity index (χ1v) is 6.62. The minimum atomic E-state index is -0.493. The number of halogens is 1. The molecule has 1 rings (SSSR count). The maximum Gasteiger partial charge on any atom is 0.0762 e. The summed E-state index contributed by atoms with van der Waals surface area (Å²) in [5.74, 6) is 1.10. The first-order chi connectivity index (χ1) is 7.54. The fraction of sp³-hybridized carbons (Fsp3) is 0.500. The van der Waals surface area contributed by atoms with Crippen molar-refractivity contribution in [2.75, 3.05) is 12.4 Å². The molecule has 0 fully saturated rings. The summed E-state index contributed by atoms with van der Waals surface area (Å²) in [6.45, 7) is 3.90. The van der Waals surface area contributed by atoms with Crippen molar-refractivity contribution in [3.63, 3.8) is 0 Å². The van der Waals surface area contributed by atoms with Gasteiger partial charge in [-0.3, -0.25) is 0 Å². The third-order valence-electron chi connectivity index (χ3n) is 2.27. The van der Waals surface area contributed by atoms with Crippen LogP contribution in [-0.2, 0) is 0 Å². The molecule has 2 N–H and O–H groups in total. The molecule has 90 valence electrons. The van der Waals surface area contributed by atoms with Crippen LogP contribution in [0.2, 0.25) is 5.02 Å². The van der Waals surface area contributed by atoms with Crippen LogP contribution >= 0.6 is 23.4 Å². The molecular weight excluding hydrogens is 244 g/mol. The molecule has 1 aromatic carbocycles. The molecule has 0 heterocycles. The van der Waals surface area contributed by atoms with Crippen LogP contribution in [0.5, 0.6) is 0 Å². The lowest BCUT2D eigenvalue weighted by atomic mass is 10.1. The smallest absolute Gasteiger partial charge is 0.0762 e. The summed E-state index contributed by atoms with van der Waals surface area (Å²) >= 11 is 7.73. The number of aliphatic hydroxyl groups is 2. The summed E-state index contributed by atoms with van der Waals surface area (Å²) in [4.78, 5) is 0.992. The maximum atomic E-state index is 9.40. The number of aliphatic hydroxyl groups excluding tert-OH is 2. The van der Waals surface area contributed by atoms with Gasteiger partial charge in [0.05, 0.1) is 11.1 Å². The van der Waals surface area contributed by atoms with Gasteiger partial charge in [0.2, 0.25) is 0 Å². The molecule has 0 aliphatic heterocycles. The highest BCUT2D eigenvalue weighted by Crippen LogP contribution is 2.30. The molecule has 0 saturated heterocycles. The van der Waals surface area contributed by atoms with Gasteiger partial charge in [-0.25, -0.2) is 0 Å². The Morgan fingerprint density at radius 2 is 2.06 bits per heavy atom.